The molecule has 1 unspecified atom stereocenters. The van der Waals surface area contributed by atoms with Gasteiger partial charge in [0, 0.05) is 46.9 Å². The number of rotatable bonds is 9. The highest BCUT2D eigenvalue weighted by atomic mass is 15.2. The van der Waals surface area contributed by atoms with Crippen LogP contribution in [-0.2, 0) is 6.42 Å². The molecule has 3 heterocycles. The molecule has 0 aliphatic carbocycles. The SMILES string of the molecule is C/C=C(\C=C/Cc1cc(C2=N[C@H](c3ccccc3)NC(c3ccccc3)=N2)cc(-c2ccc(-c3ncccn3)cc2)c1)C1CC=CN=C1C. The molecule has 0 radical (unpaired) electrons. The van der Waals surface area contributed by atoms with Gasteiger partial charge in [0.25, 0.3) is 0 Å². The third-order valence-electron chi connectivity index (χ3n) is 8.86. The lowest BCUT2D eigenvalue weighted by Crippen LogP contribution is -2.33. The molecule has 49 heavy (non-hydrogen) atoms. The highest BCUT2D eigenvalue weighted by molar-refractivity contribution is 6.13. The van der Waals surface area contributed by atoms with Gasteiger partial charge in [0.05, 0.1) is 0 Å². The van der Waals surface area contributed by atoms with Crippen LogP contribution in [0, 0.1) is 5.92 Å². The van der Waals surface area contributed by atoms with Gasteiger partial charge in [0.1, 0.15) is 12.0 Å². The lowest BCUT2D eigenvalue weighted by molar-refractivity contribution is 0.674. The first-order valence-corrected chi connectivity index (χ1v) is 16.7. The van der Waals surface area contributed by atoms with Gasteiger partial charge in [0.2, 0.25) is 0 Å². The van der Waals surface area contributed by atoms with E-state index in [1.54, 1.807) is 12.4 Å². The third-order valence-corrected chi connectivity index (χ3v) is 8.86. The molecule has 4 aromatic carbocycles. The highest BCUT2D eigenvalue weighted by Crippen LogP contribution is 2.29. The van der Waals surface area contributed by atoms with Crippen LogP contribution in [0.1, 0.15) is 48.7 Å². The maximum absolute atomic E-state index is 5.17. The number of amidine groups is 2. The van der Waals surface area contributed by atoms with Crippen LogP contribution in [0.5, 0.6) is 0 Å². The van der Waals surface area contributed by atoms with Crippen LogP contribution in [0.3, 0.4) is 0 Å². The minimum atomic E-state index is -0.271. The second-order valence-corrected chi connectivity index (χ2v) is 12.1. The van der Waals surface area contributed by atoms with Crippen LogP contribution >= 0.6 is 0 Å². The number of hydrogen-bond acceptors (Lipinski definition) is 6. The molecule has 6 heteroatoms. The Bertz CT molecular complexity index is 2090. The normalized spacial score (nSPS) is 17.7. The Kier molecular flexibility index (Phi) is 9.55. The van der Waals surface area contributed by atoms with Crippen molar-refractivity contribution in [3.63, 3.8) is 0 Å². The lowest BCUT2D eigenvalue weighted by Gasteiger charge is -2.24. The average Bonchev–Trinajstić information content (AvgIpc) is 3.18. The van der Waals surface area contributed by atoms with E-state index in [9.17, 15) is 0 Å². The van der Waals surface area contributed by atoms with Crippen LogP contribution in [-0.4, -0.2) is 27.4 Å². The molecule has 1 N–H and O–H groups in total. The summed E-state index contributed by atoms with van der Waals surface area (Å²) in [6.07, 6.45) is 15.8. The largest absolute Gasteiger partial charge is 0.344 e. The van der Waals surface area contributed by atoms with Gasteiger partial charge in [-0.3, -0.25) is 4.99 Å². The molecule has 1 aromatic heterocycles. The summed E-state index contributed by atoms with van der Waals surface area (Å²) in [6, 6.07) is 37.5. The average molecular weight is 639 g/mol. The molecule has 0 fully saturated rings. The number of nitrogens with one attached hydrogen (secondary N) is 1. The molecule has 7 rings (SSSR count). The number of allylic oxidation sites excluding steroid dienone is 5. The molecule has 0 bridgehead atoms. The summed E-state index contributed by atoms with van der Waals surface area (Å²) < 4.78 is 0. The fourth-order valence-electron chi connectivity index (χ4n) is 6.24. The number of benzene rings is 4. The molecule has 0 spiro atoms. The number of hydrogen-bond donors (Lipinski definition) is 1. The standard InChI is InChI=1S/C43H38N6/c1-3-32(39-19-11-24-44-30(39)2)18-10-13-31-27-37(33-20-22-36(23-21-33)40-45-25-12-26-46-40)29-38(28-31)43-48-41(34-14-6-4-7-15-34)47-42(49-43)35-16-8-5-9-17-35/h3-12,14-18,20-29,39,41H,13,19H2,1-2H3,(H,47,48,49)/b18-10-,32-3+/t39?,41-/m1/s1. The second-order valence-electron chi connectivity index (χ2n) is 12.1. The number of nitrogens with zero attached hydrogens (tertiary/aromatic N) is 5. The molecule has 0 amide bonds. The molecular weight excluding hydrogens is 601 g/mol. The van der Waals surface area contributed by atoms with Crippen molar-refractivity contribution in [2.45, 2.75) is 32.9 Å². The predicted molar refractivity (Wildman–Crippen MR) is 202 cm³/mol. The Morgan fingerprint density at radius 3 is 2.22 bits per heavy atom. The van der Waals surface area contributed by atoms with Crippen LogP contribution in [0.25, 0.3) is 22.5 Å². The zero-order chi connectivity index (χ0) is 33.4. The van der Waals surface area contributed by atoms with Crippen molar-refractivity contribution < 1.29 is 0 Å². The molecule has 2 aliphatic rings. The van der Waals surface area contributed by atoms with E-state index in [2.05, 4.69) is 125 Å². The Labute approximate surface area is 288 Å². The van der Waals surface area contributed by atoms with Crippen molar-refractivity contribution in [1.82, 2.24) is 15.3 Å². The molecule has 0 saturated carbocycles. The minimum absolute atomic E-state index is 0.271. The van der Waals surface area contributed by atoms with Gasteiger partial charge in [-0.2, -0.15) is 0 Å². The topological polar surface area (TPSA) is 74.9 Å². The van der Waals surface area contributed by atoms with Crippen molar-refractivity contribution >= 4 is 17.4 Å². The predicted octanol–water partition coefficient (Wildman–Crippen LogP) is 9.35. The van der Waals surface area contributed by atoms with E-state index in [4.69, 9.17) is 9.98 Å². The maximum atomic E-state index is 5.17. The fraction of sp³-hybridized carbons (Fsp3) is 0.140. The van der Waals surface area contributed by atoms with Gasteiger partial charge in [-0.05, 0) is 72.7 Å². The highest BCUT2D eigenvalue weighted by Gasteiger charge is 2.22. The van der Waals surface area contributed by atoms with Gasteiger partial charge >= 0.3 is 0 Å². The summed E-state index contributed by atoms with van der Waals surface area (Å²) >= 11 is 0. The van der Waals surface area contributed by atoms with Crippen LogP contribution < -0.4 is 5.32 Å². The molecule has 0 saturated heterocycles. The van der Waals surface area contributed by atoms with Gasteiger partial charge < -0.3 is 5.32 Å². The van der Waals surface area contributed by atoms with E-state index in [-0.39, 0.29) is 6.17 Å². The maximum Gasteiger partial charge on any atom is 0.159 e. The van der Waals surface area contributed by atoms with Crippen molar-refractivity contribution in [2.75, 3.05) is 0 Å². The molecule has 6 nitrogen and oxygen atoms in total. The van der Waals surface area contributed by atoms with E-state index < -0.39 is 0 Å². The fourth-order valence-corrected chi connectivity index (χ4v) is 6.24. The summed E-state index contributed by atoms with van der Waals surface area (Å²) in [6.45, 7) is 4.22. The van der Waals surface area contributed by atoms with E-state index in [0.29, 0.717) is 17.6 Å². The summed E-state index contributed by atoms with van der Waals surface area (Å²) in [5, 5.41) is 3.58. The summed E-state index contributed by atoms with van der Waals surface area (Å²) in [4.78, 5) is 23.7. The summed E-state index contributed by atoms with van der Waals surface area (Å²) in [5.74, 6) is 2.52. The Hall–Kier alpha value is -6.01. The van der Waals surface area contributed by atoms with Crippen LogP contribution in [0.4, 0.5) is 0 Å². The van der Waals surface area contributed by atoms with Crippen LogP contribution in [0.15, 0.2) is 173 Å². The molecule has 5 aromatic rings. The van der Waals surface area contributed by atoms with Crippen LogP contribution in [0.2, 0.25) is 0 Å². The van der Waals surface area contributed by atoms with Gasteiger partial charge in [-0.1, -0.05) is 115 Å². The Morgan fingerprint density at radius 2 is 1.49 bits per heavy atom. The summed E-state index contributed by atoms with van der Waals surface area (Å²) in [7, 11) is 0. The first kappa shape index (κ1) is 31.6. The number of aliphatic imine (C=N–C) groups is 3. The van der Waals surface area contributed by atoms with Crippen molar-refractivity contribution in [3.8, 4) is 22.5 Å². The molecule has 240 valence electrons. The van der Waals surface area contributed by atoms with E-state index >= 15 is 0 Å². The third kappa shape index (κ3) is 7.44. The number of aromatic nitrogens is 2. The monoisotopic (exact) mass is 638 g/mol. The van der Waals surface area contributed by atoms with Gasteiger partial charge in [-0.15, -0.1) is 0 Å². The van der Waals surface area contributed by atoms with Gasteiger partial charge in [0.15, 0.2) is 11.7 Å². The Balaban J connectivity index is 1.28. The quantitative estimate of drug-likeness (QED) is 0.164. The van der Waals surface area contributed by atoms with E-state index in [0.717, 1.165) is 57.8 Å². The molecule has 2 atom stereocenters. The zero-order valence-corrected chi connectivity index (χ0v) is 27.7. The van der Waals surface area contributed by atoms with Crippen molar-refractivity contribution in [3.05, 3.63) is 180 Å². The van der Waals surface area contributed by atoms with Crippen molar-refractivity contribution in [2.24, 2.45) is 20.9 Å². The van der Waals surface area contributed by atoms with Crippen molar-refractivity contribution in [1.29, 1.82) is 0 Å². The van der Waals surface area contributed by atoms with E-state index in [1.807, 2.05) is 48.7 Å². The molecule has 2 aliphatic heterocycles. The minimum Gasteiger partial charge on any atom is -0.344 e. The van der Waals surface area contributed by atoms with E-state index in [1.165, 1.54) is 11.1 Å². The lowest BCUT2D eigenvalue weighted by atomic mass is 9.89. The smallest absolute Gasteiger partial charge is 0.159 e. The second kappa shape index (κ2) is 14.8. The summed E-state index contributed by atoms with van der Waals surface area (Å²) in [5.41, 5.74) is 9.86. The zero-order valence-electron chi connectivity index (χ0n) is 27.7. The molecular formula is C43H38N6. The first-order valence-electron chi connectivity index (χ1n) is 16.7. The Morgan fingerprint density at radius 1 is 0.776 bits per heavy atom. The first-order chi connectivity index (χ1) is 24.1. The van der Waals surface area contributed by atoms with Gasteiger partial charge in [-0.25, -0.2) is 20.0 Å².